The van der Waals surface area contributed by atoms with Gasteiger partial charge in [0.25, 0.3) is 5.69 Å². The number of hydrogen-bond acceptors (Lipinski definition) is 12. The van der Waals surface area contributed by atoms with Crippen molar-refractivity contribution in [3.8, 4) is 0 Å². The van der Waals surface area contributed by atoms with Crippen molar-refractivity contribution in [3.05, 3.63) is 101 Å². The van der Waals surface area contributed by atoms with Crippen molar-refractivity contribution in [2.24, 2.45) is 10.7 Å². The molecule has 0 amide bonds. The summed E-state index contributed by atoms with van der Waals surface area (Å²) in [4.78, 5) is 27.9. The third-order valence-corrected chi connectivity index (χ3v) is 8.59. The molecule has 3 unspecified atom stereocenters. The quantitative estimate of drug-likeness (QED) is 0.123. The van der Waals surface area contributed by atoms with Crippen molar-refractivity contribution in [3.63, 3.8) is 0 Å². The monoisotopic (exact) mass is 651 g/mol. The molecule has 0 spiro atoms. The SMILES string of the molecule is C=C1N=C(N)C=CN1[C@@H]1O[C@H](COP(=O)(N[C@@H](C)C(=O)OCc2ccccc2)OC(C)c2ccc([N+](=O)[O-])cc2)C(O)C1(F)F. The number of alkyl halides is 2. The van der Waals surface area contributed by atoms with Crippen LogP contribution in [0.1, 0.15) is 31.1 Å². The summed E-state index contributed by atoms with van der Waals surface area (Å²) in [6.07, 6.45) is -4.81. The number of nitro groups is 1. The van der Waals surface area contributed by atoms with Gasteiger partial charge in [0.05, 0.1) is 17.6 Å². The van der Waals surface area contributed by atoms with Crippen LogP contribution in [0.25, 0.3) is 0 Å². The number of aliphatic imine (C=N–C) groups is 1. The topological polar surface area (TPSA) is 188 Å². The lowest BCUT2D eigenvalue weighted by Gasteiger charge is -2.31. The molecule has 0 bridgehead atoms. The summed E-state index contributed by atoms with van der Waals surface area (Å²) in [5.41, 5.74) is 6.43. The molecule has 1 fully saturated rings. The number of ether oxygens (including phenoxy) is 2. The molecule has 45 heavy (non-hydrogen) atoms. The van der Waals surface area contributed by atoms with Crippen molar-refractivity contribution >= 4 is 25.2 Å². The number of nitrogens with one attached hydrogen (secondary N) is 1. The van der Waals surface area contributed by atoms with Crippen LogP contribution in [0.15, 0.2) is 84.3 Å². The van der Waals surface area contributed by atoms with Crippen LogP contribution in [0.3, 0.4) is 0 Å². The van der Waals surface area contributed by atoms with E-state index in [1.54, 1.807) is 30.3 Å². The van der Waals surface area contributed by atoms with E-state index >= 15 is 8.78 Å². The first-order chi connectivity index (χ1) is 21.2. The molecular weight excluding hydrogens is 619 g/mol. The number of carbonyl (C=O) groups is 1. The first-order valence-electron chi connectivity index (χ1n) is 13.6. The second-order valence-electron chi connectivity index (χ2n) is 10.2. The highest BCUT2D eigenvalue weighted by molar-refractivity contribution is 7.51. The minimum absolute atomic E-state index is 0.0284. The molecular formula is C28H32F2N5O9P. The number of aliphatic hydroxyl groups excluding tert-OH is 1. The Bertz CT molecular complexity index is 1510. The van der Waals surface area contributed by atoms with Crippen LogP contribution in [0.5, 0.6) is 0 Å². The Kier molecular flexibility index (Phi) is 10.5. The van der Waals surface area contributed by atoms with Gasteiger partial charge in [-0.3, -0.25) is 24.0 Å². The number of rotatable bonds is 13. The lowest BCUT2D eigenvalue weighted by Crippen LogP contribution is -2.47. The van der Waals surface area contributed by atoms with Crippen LogP contribution in [0.2, 0.25) is 0 Å². The Labute approximate surface area is 256 Å². The standard InChI is InChI=1S/C28H32F2N5O9P/c1-17(26(37)41-15-20-7-5-4-6-8-20)33-45(40,44-18(2)21-9-11-22(12-10-21)35(38)39)42-16-23-25(36)28(29,30)27(43-23)34-14-13-24(31)32-19(34)3/h4-14,17-18,23,25,27,36H,3,15-16H2,1-2H3,(H2,31,32)(H,33,40)/t17-,18?,23+,25?,27+,45?/m0/s1. The van der Waals surface area contributed by atoms with Gasteiger partial charge in [-0.15, -0.1) is 0 Å². The van der Waals surface area contributed by atoms with E-state index in [-0.39, 0.29) is 24.0 Å². The third kappa shape index (κ3) is 8.16. The Morgan fingerprint density at radius 1 is 1.27 bits per heavy atom. The fourth-order valence-corrected chi connectivity index (χ4v) is 6.01. The maximum absolute atomic E-state index is 15.1. The zero-order valence-electron chi connectivity index (χ0n) is 24.2. The van der Waals surface area contributed by atoms with Crippen LogP contribution < -0.4 is 10.8 Å². The molecule has 2 aromatic rings. The van der Waals surface area contributed by atoms with Crippen LogP contribution in [0.4, 0.5) is 14.5 Å². The summed E-state index contributed by atoms with van der Waals surface area (Å²) in [6.45, 7) is 5.42. The van der Waals surface area contributed by atoms with Crippen molar-refractivity contribution < 1.29 is 46.7 Å². The number of nitro benzene ring substituents is 1. The molecule has 0 radical (unpaired) electrons. The molecule has 4 N–H and O–H groups in total. The Morgan fingerprint density at radius 3 is 2.56 bits per heavy atom. The van der Waals surface area contributed by atoms with Gasteiger partial charge in [-0.2, -0.15) is 8.78 Å². The number of hydrogen-bond donors (Lipinski definition) is 3. The van der Waals surface area contributed by atoms with Gasteiger partial charge in [-0.1, -0.05) is 36.9 Å². The van der Waals surface area contributed by atoms with Gasteiger partial charge in [0, 0.05) is 18.3 Å². The third-order valence-electron chi connectivity index (χ3n) is 6.80. The maximum Gasteiger partial charge on any atom is 0.406 e. The fraction of sp³-hybridized carbons (Fsp3) is 0.357. The van der Waals surface area contributed by atoms with Gasteiger partial charge in [0.2, 0.25) is 6.23 Å². The van der Waals surface area contributed by atoms with Gasteiger partial charge < -0.3 is 25.2 Å². The van der Waals surface area contributed by atoms with Gasteiger partial charge in [0.1, 0.15) is 30.4 Å². The van der Waals surface area contributed by atoms with Crippen molar-refractivity contribution in [2.75, 3.05) is 6.61 Å². The van der Waals surface area contributed by atoms with E-state index in [1.807, 2.05) is 0 Å². The van der Waals surface area contributed by atoms with E-state index in [0.29, 0.717) is 11.1 Å². The summed E-state index contributed by atoms with van der Waals surface area (Å²) in [5, 5.41) is 23.9. The Hall–Kier alpha value is -4.05. The number of nitrogens with two attached hydrogens (primary N) is 1. The van der Waals surface area contributed by atoms with Crippen molar-refractivity contribution in [1.29, 1.82) is 0 Å². The molecule has 2 heterocycles. The first kappa shape index (κ1) is 33.8. The lowest BCUT2D eigenvalue weighted by atomic mass is 10.1. The van der Waals surface area contributed by atoms with Crippen LogP contribution in [0, 0.1) is 10.1 Å². The fourth-order valence-electron chi connectivity index (χ4n) is 4.36. The van der Waals surface area contributed by atoms with Gasteiger partial charge >= 0.3 is 19.6 Å². The minimum Gasteiger partial charge on any atom is -0.460 e. The summed E-state index contributed by atoms with van der Waals surface area (Å²) < 4.78 is 66.1. The highest BCUT2D eigenvalue weighted by Gasteiger charge is 2.61. The van der Waals surface area contributed by atoms with E-state index in [4.69, 9.17) is 24.3 Å². The van der Waals surface area contributed by atoms with Gasteiger partial charge in [-0.05, 0) is 43.2 Å². The first-order valence-corrected chi connectivity index (χ1v) is 15.1. The summed E-state index contributed by atoms with van der Waals surface area (Å²) in [7, 11) is -4.57. The molecule has 0 aromatic heterocycles. The zero-order valence-corrected chi connectivity index (χ0v) is 25.1. The van der Waals surface area contributed by atoms with Crippen LogP contribution in [-0.2, 0) is 34.5 Å². The van der Waals surface area contributed by atoms with Crippen molar-refractivity contribution in [1.82, 2.24) is 9.99 Å². The smallest absolute Gasteiger partial charge is 0.406 e. The minimum atomic E-state index is -4.57. The molecule has 2 aromatic carbocycles. The van der Waals surface area contributed by atoms with Gasteiger partial charge in [0.15, 0.2) is 6.10 Å². The highest BCUT2D eigenvalue weighted by atomic mass is 31.2. The number of nitrogens with zero attached hydrogens (tertiary/aromatic N) is 3. The number of amidine groups is 1. The molecule has 6 atom stereocenters. The molecule has 242 valence electrons. The van der Waals surface area contributed by atoms with Crippen molar-refractivity contribution in [2.45, 2.75) is 57.0 Å². The zero-order chi connectivity index (χ0) is 32.9. The second kappa shape index (κ2) is 13.9. The molecule has 2 aliphatic rings. The summed E-state index contributed by atoms with van der Waals surface area (Å²) >= 11 is 0. The predicted molar refractivity (Wildman–Crippen MR) is 156 cm³/mol. The maximum atomic E-state index is 15.1. The van der Waals surface area contributed by atoms with Gasteiger partial charge in [-0.25, -0.2) is 14.6 Å². The average molecular weight is 652 g/mol. The molecule has 0 aliphatic carbocycles. The Balaban J connectivity index is 1.49. The molecule has 4 rings (SSSR count). The number of esters is 1. The highest BCUT2D eigenvalue weighted by Crippen LogP contribution is 2.50. The van der Waals surface area contributed by atoms with E-state index in [9.17, 15) is 24.6 Å². The number of benzene rings is 2. The number of aliphatic hydroxyl groups is 1. The van der Waals surface area contributed by atoms with Crippen LogP contribution >= 0.6 is 7.75 Å². The molecule has 17 heteroatoms. The second-order valence-corrected chi connectivity index (χ2v) is 11.9. The summed E-state index contributed by atoms with van der Waals surface area (Å²) in [6, 6.07) is 12.7. The lowest BCUT2D eigenvalue weighted by molar-refractivity contribution is -0.384. The van der Waals surface area contributed by atoms with E-state index < -0.39 is 61.8 Å². The normalized spacial score (nSPS) is 23.6. The number of carbonyl (C=O) groups excluding carboxylic acids is 1. The Morgan fingerprint density at radius 2 is 1.93 bits per heavy atom. The largest absolute Gasteiger partial charge is 0.460 e. The predicted octanol–water partition coefficient (Wildman–Crippen LogP) is 3.90. The average Bonchev–Trinajstić information content (AvgIpc) is 3.22. The molecule has 0 saturated carbocycles. The summed E-state index contributed by atoms with van der Waals surface area (Å²) in [5.74, 6) is -4.82. The molecule has 1 saturated heterocycles. The van der Waals surface area contributed by atoms with E-state index in [0.717, 1.165) is 4.90 Å². The number of halogens is 2. The van der Waals surface area contributed by atoms with E-state index in [1.165, 1.54) is 50.4 Å². The van der Waals surface area contributed by atoms with Crippen LogP contribution in [-0.4, -0.2) is 63.7 Å². The molecule has 14 nitrogen and oxygen atoms in total. The number of non-ortho nitro benzene ring substituents is 1. The van der Waals surface area contributed by atoms with E-state index in [2.05, 4.69) is 16.7 Å². The molecule has 2 aliphatic heterocycles.